The summed E-state index contributed by atoms with van der Waals surface area (Å²) in [6, 6.07) is 10.4. The zero-order chi connectivity index (χ0) is 16.4. The van der Waals surface area contributed by atoms with Crippen molar-refractivity contribution in [3.63, 3.8) is 0 Å². The van der Waals surface area contributed by atoms with Gasteiger partial charge in [0.25, 0.3) is 0 Å². The van der Waals surface area contributed by atoms with E-state index in [9.17, 15) is 0 Å². The highest BCUT2D eigenvalue weighted by atomic mass is 32.1. The molecule has 4 rings (SSSR count). The lowest BCUT2D eigenvalue weighted by Gasteiger charge is -2.18. The van der Waals surface area contributed by atoms with Gasteiger partial charge in [-0.05, 0) is 13.3 Å². The standard InChI is InChI=1S/C19H20N4S/c1-14-22-16(12-24-14)11-23-9-7-17-18(8-10-23)20-13-21-19(17)15-5-3-2-4-6-15/h2-6,12-13H,7-11H2,1H3. The summed E-state index contributed by atoms with van der Waals surface area (Å²) in [6.07, 6.45) is 3.67. The summed E-state index contributed by atoms with van der Waals surface area (Å²) < 4.78 is 0. The molecule has 0 amide bonds. The van der Waals surface area contributed by atoms with Gasteiger partial charge in [0, 0.05) is 48.3 Å². The summed E-state index contributed by atoms with van der Waals surface area (Å²) in [5, 5.41) is 3.31. The van der Waals surface area contributed by atoms with Crippen molar-refractivity contribution in [3.05, 3.63) is 64.0 Å². The molecule has 0 bridgehead atoms. The molecule has 0 N–H and O–H groups in total. The highest BCUT2D eigenvalue weighted by Crippen LogP contribution is 2.26. The van der Waals surface area contributed by atoms with Gasteiger partial charge in [-0.15, -0.1) is 11.3 Å². The maximum Gasteiger partial charge on any atom is 0.116 e. The van der Waals surface area contributed by atoms with Crippen LogP contribution >= 0.6 is 11.3 Å². The molecule has 5 heteroatoms. The van der Waals surface area contributed by atoms with Crippen molar-refractivity contribution in [1.29, 1.82) is 0 Å². The number of rotatable bonds is 3. The molecule has 0 atom stereocenters. The first kappa shape index (κ1) is 15.4. The van der Waals surface area contributed by atoms with E-state index in [1.807, 2.05) is 6.07 Å². The molecule has 3 aromatic rings. The van der Waals surface area contributed by atoms with Gasteiger partial charge in [-0.3, -0.25) is 4.90 Å². The predicted octanol–water partition coefficient (Wildman–Crippen LogP) is 3.51. The topological polar surface area (TPSA) is 41.9 Å². The Morgan fingerprint density at radius 1 is 1.08 bits per heavy atom. The molecular formula is C19H20N4S. The van der Waals surface area contributed by atoms with Crippen LogP contribution in [0.5, 0.6) is 0 Å². The Hall–Kier alpha value is -2.11. The van der Waals surface area contributed by atoms with Gasteiger partial charge in [0.15, 0.2) is 0 Å². The van der Waals surface area contributed by atoms with Crippen LogP contribution in [0.25, 0.3) is 11.3 Å². The Morgan fingerprint density at radius 2 is 1.92 bits per heavy atom. The van der Waals surface area contributed by atoms with Crippen LogP contribution in [0.4, 0.5) is 0 Å². The molecule has 0 saturated carbocycles. The Balaban J connectivity index is 1.57. The third-order valence-corrected chi connectivity index (χ3v) is 5.30. The Morgan fingerprint density at radius 3 is 2.71 bits per heavy atom. The number of aromatic nitrogens is 3. The van der Waals surface area contributed by atoms with Gasteiger partial charge in [-0.25, -0.2) is 15.0 Å². The van der Waals surface area contributed by atoms with Crippen molar-refractivity contribution < 1.29 is 0 Å². The van der Waals surface area contributed by atoms with Gasteiger partial charge < -0.3 is 0 Å². The smallest absolute Gasteiger partial charge is 0.116 e. The Kier molecular flexibility index (Phi) is 4.36. The molecule has 0 saturated heterocycles. The van der Waals surface area contributed by atoms with E-state index in [1.165, 1.54) is 22.5 Å². The molecule has 1 aliphatic heterocycles. The average molecular weight is 336 g/mol. The molecule has 24 heavy (non-hydrogen) atoms. The van der Waals surface area contributed by atoms with E-state index in [2.05, 4.69) is 56.4 Å². The van der Waals surface area contributed by atoms with Crippen molar-refractivity contribution in [3.8, 4) is 11.3 Å². The summed E-state index contributed by atoms with van der Waals surface area (Å²) in [6.45, 7) is 5.03. The zero-order valence-corrected chi connectivity index (χ0v) is 14.6. The lowest BCUT2D eigenvalue weighted by atomic mass is 10.0. The molecule has 0 unspecified atom stereocenters. The summed E-state index contributed by atoms with van der Waals surface area (Å²) in [7, 11) is 0. The monoisotopic (exact) mass is 336 g/mol. The van der Waals surface area contributed by atoms with Crippen LogP contribution in [0.2, 0.25) is 0 Å². The second-order valence-electron chi connectivity index (χ2n) is 6.15. The van der Waals surface area contributed by atoms with E-state index in [0.717, 1.165) is 43.2 Å². The first-order valence-corrected chi connectivity index (χ1v) is 9.19. The van der Waals surface area contributed by atoms with Crippen LogP contribution in [0, 0.1) is 6.92 Å². The number of benzene rings is 1. The largest absolute Gasteiger partial charge is 0.297 e. The van der Waals surface area contributed by atoms with Crippen molar-refractivity contribution in [2.45, 2.75) is 26.3 Å². The van der Waals surface area contributed by atoms with Crippen molar-refractivity contribution >= 4 is 11.3 Å². The second kappa shape index (κ2) is 6.79. The van der Waals surface area contributed by atoms with Gasteiger partial charge in [0.2, 0.25) is 0 Å². The summed E-state index contributed by atoms with van der Waals surface area (Å²) in [4.78, 5) is 16.2. The molecule has 0 spiro atoms. The molecule has 0 radical (unpaired) electrons. The SMILES string of the molecule is Cc1nc(CN2CCc3ncnc(-c4ccccc4)c3CC2)cs1. The van der Waals surface area contributed by atoms with Crippen LogP contribution < -0.4 is 0 Å². The van der Waals surface area contributed by atoms with Gasteiger partial charge >= 0.3 is 0 Å². The number of aryl methyl sites for hydroxylation is 1. The number of hydrogen-bond donors (Lipinski definition) is 0. The van der Waals surface area contributed by atoms with Gasteiger partial charge in [-0.2, -0.15) is 0 Å². The summed E-state index contributed by atoms with van der Waals surface area (Å²) in [5.74, 6) is 0. The second-order valence-corrected chi connectivity index (χ2v) is 7.21. The Bertz CT molecular complexity index is 828. The first-order chi connectivity index (χ1) is 11.8. The molecule has 0 aliphatic carbocycles. The fourth-order valence-electron chi connectivity index (χ4n) is 3.29. The van der Waals surface area contributed by atoms with E-state index in [4.69, 9.17) is 0 Å². The van der Waals surface area contributed by atoms with E-state index < -0.39 is 0 Å². The fourth-order valence-corrected chi connectivity index (χ4v) is 3.89. The molecule has 1 aromatic carbocycles. The lowest BCUT2D eigenvalue weighted by molar-refractivity contribution is 0.276. The van der Waals surface area contributed by atoms with Crippen molar-refractivity contribution in [1.82, 2.24) is 19.9 Å². The maximum absolute atomic E-state index is 4.60. The summed E-state index contributed by atoms with van der Waals surface area (Å²) in [5.41, 5.74) is 5.95. The van der Waals surface area contributed by atoms with Crippen LogP contribution in [0.15, 0.2) is 42.0 Å². The molecular weight excluding hydrogens is 316 g/mol. The minimum atomic E-state index is 0.923. The van der Waals surface area contributed by atoms with Crippen LogP contribution in [-0.2, 0) is 19.4 Å². The molecule has 1 aliphatic rings. The molecule has 4 nitrogen and oxygen atoms in total. The number of thiazole rings is 1. The van der Waals surface area contributed by atoms with Crippen LogP contribution in [0.3, 0.4) is 0 Å². The third-order valence-electron chi connectivity index (χ3n) is 4.48. The summed E-state index contributed by atoms with van der Waals surface area (Å²) >= 11 is 1.73. The third kappa shape index (κ3) is 3.23. The van der Waals surface area contributed by atoms with Crippen molar-refractivity contribution in [2.24, 2.45) is 0 Å². The predicted molar refractivity (Wildman–Crippen MR) is 97.0 cm³/mol. The zero-order valence-electron chi connectivity index (χ0n) is 13.8. The van der Waals surface area contributed by atoms with Crippen molar-refractivity contribution in [2.75, 3.05) is 13.1 Å². The minimum absolute atomic E-state index is 0.923. The average Bonchev–Trinajstić information content (AvgIpc) is 2.91. The fraction of sp³-hybridized carbons (Fsp3) is 0.316. The number of nitrogens with zero attached hydrogens (tertiary/aromatic N) is 4. The van der Waals surface area contributed by atoms with E-state index in [-0.39, 0.29) is 0 Å². The van der Waals surface area contributed by atoms with Crippen LogP contribution in [-0.4, -0.2) is 32.9 Å². The first-order valence-electron chi connectivity index (χ1n) is 8.31. The Labute approximate surface area is 146 Å². The maximum atomic E-state index is 4.60. The number of hydrogen-bond acceptors (Lipinski definition) is 5. The molecule has 2 aromatic heterocycles. The van der Waals surface area contributed by atoms with Gasteiger partial charge in [-0.1, -0.05) is 30.3 Å². The molecule has 0 fully saturated rings. The van der Waals surface area contributed by atoms with E-state index >= 15 is 0 Å². The van der Waals surface area contributed by atoms with E-state index in [1.54, 1.807) is 17.7 Å². The normalized spacial score (nSPS) is 15.0. The molecule has 3 heterocycles. The molecule has 122 valence electrons. The number of fused-ring (bicyclic) bond motifs is 1. The minimum Gasteiger partial charge on any atom is -0.297 e. The van der Waals surface area contributed by atoms with Gasteiger partial charge in [0.1, 0.15) is 6.33 Å². The highest BCUT2D eigenvalue weighted by molar-refractivity contribution is 7.09. The van der Waals surface area contributed by atoms with Crippen LogP contribution in [0.1, 0.15) is 22.0 Å². The van der Waals surface area contributed by atoms with Gasteiger partial charge in [0.05, 0.1) is 16.4 Å². The highest BCUT2D eigenvalue weighted by Gasteiger charge is 2.19. The quantitative estimate of drug-likeness (QED) is 0.734. The lowest BCUT2D eigenvalue weighted by Crippen LogP contribution is -2.26. The van der Waals surface area contributed by atoms with E-state index in [0.29, 0.717) is 0 Å².